The smallest absolute Gasteiger partial charge is 0.222 e. The highest BCUT2D eigenvalue weighted by Gasteiger charge is 2.08. The molecule has 5 nitrogen and oxygen atoms in total. The van der Waals surface area contributed by atoms with Crippen molar-refractivity contribution in [3.63, 3.8) is 0 Å². The van der Waals surface area contributed by atoms with Crippen LogP contribution >= 0.6 is 0 Å². The molecule has 0 unspecified atom stereocenters. The monoisotopic (exact) mass is 314 g/mol. The van der Waals surface area contributed by atoms with E-state index in [1.54, 1.807) is 0 Å². The van der Waals surface area contributed by atoms with Crippen LogP contribution in [0.4, 0.5) is 0 Å². The first-order valence-corrected chi connectivity index (χ1v) is 8.19. The second kappa shape index (κ2) is 9.10. The highest BCUT2D eigenvalue weighted by Crippen LogP contribution is 2.17. The molecule has 0 saturated heterocycles. The van der Waals surface area contributed by atoms with E-state index < -0.39 is 0 Å². The van der Waals surface area contributed by atoms with Crippen LogP contribution < -0.4 is 5.32 Å². The molecule has 0 spiro atoms. The molecule has 0 atom stereocenters. The van der Waals surface area contributed by atoms with Crippen molar-refractivity contribution >= 4 is 5.91 Å². The highest BCUT2D eigenvalue weighted by molar-refractivity contribution is 5.75. The Balaban J connectivity index is 1.74. The molecular formula is C18H26N4O. The maximum absolute atomic E-state index is 11.9. The van der Waals surface area contributed by atoms with E-state index in [1.165, 1.54) is 0 Å². The quantitative estimate of drug-likeness (QED) is 0.699. The van der Waals surface area contributed by atoms with Gasteiger partial charge in [-0.05, 0) is 38.9 Å². The van der Waals surface area contributed by atoms with Gasteiger partial charge in [-0.1, -0.05) is 30.3 Å². The van der Waals surface area contributed by atoms with E-state index >= 15 is 0 Å². The summed E-state index contributed by atoms with van der Waals surface area (Å²) in [5.74, 6) is 0.217. The highest BCUT2D eigenvalue weighted by atomic mass is 16.2. The number of rotatable bonds is 9. The Labute approximate surface area is 138 Å². The van der Waals surface area contributed by atoms with Crippen LogP contribution in [0, 0.1) is 0 Å². The van der Waals surface area contributed by atoms with Gasteiger partial charge in [0.25, 0.3) is 0 Å². The Hall–Kier alpha value is -2.14. The van der Waals surface area contributed by atoms with Crippen molar-refractivity contribution in [1.29, 1.82) is 0 Å². The summed E-state index contributed by atoms with van der Waals surface area (Å²) in [5, 5.41) is 10.5. The third-order valence-corrected chi connectivity index (χ3v) is 3.88. The van der Waals surface area contributed by atoms with Crippen molar-refractivity contribution in [2.24, 2.45) is 0 Å². The summed E-state index contributed by atoms with van der Waals surface area (Å²) >= 11 is 0. The van der Waals surface area contributed by atoms with E-state index in [9.17, 15) is 4.79 Å². The van der Waals surface area contributed by atoms with Crippen LogP contribution in [0.15, 0.2) is 36.4 Å². The molecule has 1 amide bonds. The number of aromatic amines is 1. The van der Waals surface area contributed by atoms with Gasteiger partial charge >= 0.3 is 0 Å². The third kappa shape index (κ3) is 5.53. The molecule has 1 heterocycles. The zero-order valence-corrected chi connectivity index (χ0v) is 14.0. The van der Waals surface area contributed by atoms with Crippen LogP contribution in [-0.2, 0) is 11.2 Å². The normalized spacial score (nSPS) is 10.7. The van der Waals surface area contributed by atoms with Gasteiger partial charge in [0.05, 0.1) is 5.69 Å². The van der Waals surface area contributed by atoms with Crippen LogP contribution in [0.5, 0.6) is 0 Å². The Morgan fingerprint density at radius 2 is 2.04 bits per heavy atom. The van der Waals surface area contributed by atoms with E-state index in [4.69, 9.17) is 0 Å². The number of hydrogen-bond acceptors (Lipinski definition) is 3. The SMILES string of the molecule is CNCCCC(=O)N(C)CCCc1cc(-c2ccccc2)n[nH]1. The number of carbonyl (C=O) groups excluding carboxylic acids is 1. The molecule has 0 aliphatic heterocycles. The zero-order chi connectivity index (χ0) is 16.5. The lowest BCUT2D eigenvalue weighted by Gasteiger charge is -2.16. The van der Waals surface area contributed by atoms with Gasteiger partial charge in [-0.15, -0.1) is 0 Å². The van der Waals surface area contributed by atoms with Crippen LogP contribution in [0.25, 0.3) is 11.3 Å². The summed E-state index contributed by atoms with van der Waals surface area (Å²) in [5.41, 5.74) is 3.20. The summed E-state index contributed by atoms with van der Waals surface area (Å²) in [4.78, 5) is 13.8. The van der Waals surface area contributed by atoms with Gasteiger partial charge in [-0.2, -0.15) is 5.10 Å². The zero-order valence-electron chi connectivity index (χ0n) is 14.0. The lowest BCUT2D eigenvalue weighted by Crippen LogP contribution is -2.28. The Bertz CT molecular complexity index is 594. The molecule has 0 aliphatic rings. The molecule has 1 aromatic carbocycles. The first-order valence-electron chi connectivity index (χ1n) is 8.19. The number of amides is 1. The molecule has 0 saturated carbocycles. The molecule has 2 N–H and O–H groups in total. The Morgan fingerprint density at radius 1 is 1.26 bits per heavy atom. The minimum absolute atomic E-state index is 0.217. The lowest BCUT2D eigenvalue weighted by molar-refractivity contribution is -0.130. The average molecular weight is 314 g/mol. The minimum Gasteiger partial charge on any atom is -0.346 e. The van der Waals surface area contributed by atoms with E-state index in [-0.39, 0.29) is 5.91 Å². The molecular weight excluding hydrogens is 288 g/mol. The first kappa shape index (κ1) is 17.2. The van der Waals surface area contributed by atoms with Crippen molar-refractivity contribution in [2.45, 2.75) is 25.7 Å². The topological polar surface area (TPSA) is 61.0 Å². The molecule has 0 radical (unpaired) electrons. The number of nitrogens with one attached hydrogen (secondary N) is 2. The number of aromatic nitrogens is 2. The largest absolute Gasteiger partial charge is 0.346 e. The molecule has 0 fully saturated rings. The lowest BCUT2D eigenvalue weighted by atomic mass is 10.1. The molecule has 0 aliphatic carbocycles. The van der Waals surface area contributed by atoms with Crippen molar-refractivity contribution in [3.8, 4) is 11.3 Å². The number of carbonyl (C=O) groups is 1. The summed E-state index contributed by atoms with van der Waals surface area (Å²) in [6.07, 6.45) is 3.33. The first-order chi connectivity index (χ1) is 11.2. The molecule has 1 aromatic heterocycles. The predicted molar refractivity (Wildman–Crippen MR) is 93.1 cm³/mol. The second-order valence-electron chi connectivity index (χ2n) is 5.77. The van der Waals surface area contributed by atoms with Gasteiger partial charge < -0.3 is 10.2 Å². The maximum Gasteiger partial charge on any atom is 0.222 e. The maximum atomic E-state index is 11.9. The molecule has 0 bridgehead atoms. The van der Waals surface area contributed by atoms with Crippen molar-refractivity contribution in [3.05, 3.63) is 42.1 Å². The summed E-state index contributed by atoms with van der Waals surface area (Å²) < 4.78 is 0. The van der Waals surface area contributed by atoms with Crippen LogP contribution in [0.2, 0.25) is 0 Å². The summed E-state index contributed by atoms with van der Waals surface area (Å²) in [6, 6.07) is 12.2. The average Bonchev–Trinajstić information content (AvgIpc) is 3.04. The number of hydrogen-bond donors (Lipinski definition) is 2. The fourth-order valence-electron chi connectivity index (χ4n) is 2.49. The standard InChI is InChI=1S/C18H26N4O/c1-19-12-6-11-18(23)22(2)13-7-10-16-14-17(21-20-16)15-8-4-3-5-9-15/h3-5,8-9,14,19H,6-7,10-13H2,1-2H3,(H,20,21). The number of H-pyrrole nitrogens is 1. The second-order valence-corrected chi connectivity index (χ2v) is 5.77. The van der Waals surface area contributed by atoms with E-state index in [0.717, 1.165) is 49.3 Å². The number of nitrogens with zero attached hydrogens (tertiary/aromatic N) is 2. The van der Waals surface area contributed by atoms with Gasteiger partial charge in [0, 0.05) is 31.3 Å². The molecule has 23 heavy (non-hydrogen) atoms. The van der Waals surface area contributed by atoms with Crippen molar-refractivity contribution in [1.82, 2.24) is 20.4 Å². The molecule has 2 rings (SSSR count). The van der Waals surface area contributed by atoms with Gasteiger partial charge in [-0.3, -0.25) is 9.89 Å². The van der Waals surface area contributed by atoms with Gasteiger partial charge in [0.1, 0.15) is 0 Å². The van der Waals surface area contributed by atoms with E-state index in [1.807, 2.05) is 37.2 Å². The van der Waals surface area contributed by atoms with E-state index in [2.05, 4.69) is 33.7 Å². The summed E-state index contributed by atoms with van der Waals surface area (Å²) in [6.45, 7) is 1.66. The van der Waals surface area contributed by atoms with Crippen molar-refractivity contribution < 1.29 is 4.79 Å². The van der Waals surface area contributed by atoms with Crippen LogP contribution in [0.1, 0.15) is 25.0 Å². The molecule has 5 heteroatoms. The van der Waals surface area contributed by atoms with E-state index in [0.29, 0.717) is 6.42 Å². The number of aryl methyl sites for hydroxylation is 1. The predicted octanol–water partition coefficient (Wildman–Crippen LogP) is 2.47. The fourth-order valence-corrected chi connectivity index (χ4v) is 2.49. The van der Waals surface area contributed by atoms with Crippen molar-refractivity contribution in [2.75, 3.05) is 27.2 Å². The third-order valence-electron chi connectivity index (χ3n) is 3.88. The minimum atomic E-state index is 0.217. The van der Waals surface area contributed by atoms with Gasteiger partial charge in [-0.25, -0.2) is 0 Å². The fraction of sp³-hybridized carbons (Fsp3) is 0.444. The van der Waals surface area contributed by atoms with Gasteiger partial charge in [0.15, 0.2) is 0 Å². The van der Waals surface area contributed by atoms with Gasteiger partial charge in [0.2, 0.25) is 5.91 Å². The van der Waals surface area contributed by atoms with Crippen LogP contribution in [0.3, 0.4) is 0 Å². The number of benzene rings is 1. The van der Waals surface area contributed by atoms with Crippen LogP contribution in [-0.4, -0.2) is 48.2 Å². The molecule has 124 valence electrons. The Morgan fingerprint density at radius 3 is 2.78 bits per heavy atom. The summed E-state index contributed by atoms with van der Waals surface area (Å²) in [7, 11) is 3.78. The molecule has 2 aromatic rings. The Kier molecular flexibility index (Phi) is 6.81.